The van der Waals surface area contributed by atoms with Gasteiger partial charge in [0.05, 0.1) is 12.1 Å². The van der Waals surface area contributed by atoms with Crippen molar-refractivity contribution in [2.45, 2.75) is 114 Å². The van der Waals surface area contributed by atoms with Crippen molar-refractivity contribution in [3.8, 4) is 0 Å². The van der Waals surface area contributed by atoms with Crippen molar-refractivity contribution in [3.63, 3.8) is 0 Å². The molecule has 0 saturated carbocycles. The normalized spacial score (nSPS) is 13.7. The van der Waals surface area contributed by atoms with Gasteiger partial charge in [-0.05, 0) is 63.4 Å². The quantitative estimate of drug-likeness (QED) is 0.0130. The van der Waals surface area contributed by atoms with Gasteiger partial charge in [0.2, 0.25) is 41.2 Å². The van der Waals surface area contributed by atoms with Crippen LogP contribution < -0.4 is 61.0 Å². The highest BCUT2D eigenvalue weighted by Crippen LogP contribution is 2.09. The highest BCUT2D eigenvalue weighted by atomic mass is 32.2. The Labute approximate surface area is 350 Å². The molecule has 338 valence electrons. The van der Waals surface area contributed by atoms with Crippen LogP contribution in [0.4, 0.5) is 0 Å². The van der Waals surface area contributed by atoms with Crippen LogP contribution in [0.25, 0.3) is 0 Å². The Morgan fingerprint density at radius 3 is 1.30 bits per heavy atom. The first-order valence-corrected chi connectivity index (χ1v) is 20.1. The molecule has 60 heavy (non-hydrogen) atoms. The van der Waals surface area contributed by atoms with E-state index in [1.807, 2.05) is 0 Å². The second-order valence-corrected chi connectivity index (χ2v) is 14.4. The number of guanidine groups is 2. The summed E-state index contributed by atoms with van der Waals surface area (Å²) in [5.74, 6) is -10.5. The number of amides is 6. The fourth-order valence-corrected chi connectivity index (χ4v) is 5.64. The van der Waals surface area contributed by atoms with Gasteiger partial charge in [-0.15, -0.1) is 0 Å². The van der Waals surface area contributed by atoms with Crippen LogP contribution in [0.1, 0.15) is 77.6 Å². The van der Waals surface area contributed by atoms with E-state index in [-0.39, 0.29) is 62.9 Å². The predicted octanol–water partition coefficient (Wildman–Crippen LogP) is -5.25. The maximum absolute atomic E-state index is 13.8. The number of aliphatic imine (C=N–C) groups is 2. The molecule has 0 spiro atoms. The minimum atomic E-state index is -1.65. The van der Waals surface area contributed by atoms with Crippen molar-refractivity contribution < 1.29 is 58.2 Å². The van der Waals surface area contributed by atoms with Crippen LogP contribution in [0.15, 0.2) is 9.98 Å². The zero-order chi connectivity index (χ0) is 45.9. The van der Waals surface area contributed by atoms with Crippen LogP contribution in [0.5, 0.6) is 0 Å². The Balaban J connectivity index is 6.45. The van der Waals surface area contributed by atoms with Crippen molar-refractivity contribution in [2.24, 2.45) is 44.4 Å². The maximum atomic E-state index is 13.8. The van der Waals surface area contributed by atoms with Crippen molar-refractivity contribution in [2.75, 3.05) is 25.1 Å². The minimum absolute atomic E-state index is 0.0487. The summed E-state index contributed by atoms with van der Waals surface area (Å²) < 4.78 is 0. The summed E-state index contributed by atoms with van der Waals surface area (Å²) in [5, 5.41) is 30.4. The molecule has 6 amide bonds. The van der Waals surface area contributed by atoms with E-state index in [2.05, 4.69) is 36.6 Å². The third kappa shape index (κ3) is 24.0. The minimum Gasteiger partial charge on any atom is -0.481 e. The van der Waals surface area contributed by atoms with Crippen molar-refractivity contribution in [1.29, 1.82) is 0 Å². The zero-order valence-corrected chi connectivity index (χ0v) is 34.4. The SMILES string of the molecule is CSCC[C@H](NC(=O)[C@H](CCC(N)=O)NC(=O)[C@H](CCCN=C(N)N)NC(=O)[C@@H](N)CCCN=C(N)N)C(=O)N[C@@H](CCC(=O)O)C(=O)N[C@@H](CCC(=O)O)C(=O)C(C)=O. The van der Waals surface area contributed by atoms with Gasteiger partial charge in [0.25, 0.3) is 0 Å². The Morgan fingerprint density at radius 1 is 0.533 bits per heavy atom. The third-order valence-corrected chi connectivity index (χ3v) is 8.99. The van der Waals surface area contributed by atoms with Crippen molar-refractivity contribution in [3.05, 3.63) is 0 Å². The summed E-state index contributed by atoms with van der Waals surface area (Å²) in [6.45, 7) is 1.16. The molecule has 0 rings (SSSR count). The van der Waals surface area contributed by atoms with Crippen molar-refractivity contribution >= 4 is 82.6 Å². The fourth-order valence-electron chi connectivity index (χ4n) is 5.17. The molecule has 6 atom stereocenters. The smallest absolute Gasteiger partial charge is 0.303 e. The number of carboxylic acid groups (broad SMARTS) is 2. The number of rotatable bonds is 32. The molecule has 0 aromatic rings. The summed E-state index contributed by atoms with van der Waals surface area (Å²) in [6, 6.07) is -8.63. The first-order valence-electron chi connectivity index (χ1n) is 18.7. The largest absolute Gasteiger partial charge is 0.481 e. The molecule has 0 saturated heterocycles. The zero-order valence-electron chi connectivity index (χ0n) is 33.6. The second kappa shape index (κ2) is 29.2. The molecular formula is C34H59N13O12S. The lowest BCUT2D eigenvalue weighted by Crippen LogP contribution is -2.59. The Kier molecular flexibility index (Phi) is 26.3. The van der Waals surface area contributed by atoms with Crippen LogP contribution in [-0.2, 0) is 47.9 Å². The average Bonchev–Trinajstić information content (AvgIpc) is 3.16. The van der Waals surface area contributed by atoms with Gasteiger partial charge >= 0.3 is 11.9 Å². The maximum Gasteiger partial charge on any atom is 0.303 e. The van der Waals surface area contributed by atoms with Crippen LogP contribution in [0.3, 0.4) is 0 Å². The number of nitrogens with zero attached hydrogens (tertiary/aromatic N) is 2. The molecule has 0 radical (unpaired) electrons. The molecule has 0 aliphatic heterocycles. The molecule has 0 aromatic carbocycles. The molecule has 0 aliphatic carbocycles. The standard InChI is InChI=1S/C34H59N13O12S/c1-17(48)27(54)19(8-11-25(50)51)43-30(57)22(9-12-26(52)53)46-32(59)23(13-16-60-2)47-31(58)21(7-10-24(36)49)45-29(56)20(6-4-15-42-34(39)40)44-28(55)18(35)5-3-14-41-33(37)38/h18-23H,3-16,35H2,1-2H3,(H2,36,49)(H,43,57)(H,44,55)(H,45,56)(H,46,59)(H,47,58)(H,50,51)(H,52,53)(H4,37,38,41)(H4,39,40,42)/t18-,19-,20-,21-,22-,23-/m0/s1. The second-order valence-electron chi connectivity index (χ2n) is 13.4. The van der Waals surface area contributed by atoms with Gasteiger partial charge in [0.15, 0.2) is 17.7 Å². The van der Waals surface area contributed by atoms with E-state index in [1.54, 1.807) is 6.26 Å². The Morgan fingerprint density at radius 2 is 0.900 bits per heavy atom. The van der Waals surface area contributed by atoms with Crippen LogP contribution >= 0.6 is 11.8 Å². The lowest BCUT2D eigenvalue weighted by molar-refractivity contribution is -0.141. The van der Waals surface area contributed by atoms with E-state index in [1.165, 1.54) is 11.8 Å². The first-order chi connectivity index (χ1) is 28.1. The summed E-state index contributed by atoms with van der Waals surface area (Å²) in [6.07, 6.45) is -0.869. The highest BCUT2D eigenvalue weighted by Gasteiger charge is 2.34. The average molecular weight is 874 g/mol. The molecule has 26 heteroatoms. The summed E-state index contributed by atoms with van der Waals surface area (Å²) in [7, 11) is 0. The lowest BCUT2D eigenvalue weighted by Gasteiger charge is -2.27. The molecule has 0 aromatic heterocycles. The monoisotopic (exact) mass is 873 g/mol. The Bertz CT molecular complexity index is 1590. The molecule has 0 bridgehead atoms. The molecule has 0 unspecified atom stereocenters. The summed E-state index contributed by atoms with van der Waals surface area (Å²) >= 11 is 1.27. The molecule has 0 aliphatic rings. The molecule has 0 heterocycles. The van der Waals surface area contributed by atoms with Gasteiger partial charge in [0, 0.05) is 39.3 Å². The molecule has 0 fully saturated rings. The van der Waals surface area contributed by atoms with Gasteiger partial charge in [-0.2, -0.15) is 11.8 Å². The fraction of sp³-hybridized carbons (Fsp3) is 0.647. The number of nitrogens with one attached hydrogen (secondary N) is 5. The number of carbonyl (C=O) groups excluding carboxylic acids is 8. The number of hydrogen-bond acceptors (Lipinski definition) is 14. The van der Waals surface area contributed by atoms with E-state index < -0.39 is 127 Å². The molecular weight excluding hydrogens is 815 g/mol. The van der Waals surface area contributed by atoms with Gasteiger partial charge < -0.3 is 71.2 Å². The summed E-state index contributed by atoms with van der Waals surface area (Å²) in [5.41, 5.74) is 32.7. The number of nitrogens with two attached hydrogens (primary N) is 6. The number of ketones is 2. The predicted molar refractivity (Wildman–Crippen MR) is 218 cm³/mol. The topological polar surface area (TPSA) is 452 Å². The van der Waals surface area contributed by atoms with E-state index in [9.17, 15) is 53.1 Å². The van der Waals surface area contributed by atoms with Crippen LogP contribution in [-0.4, -0.2) is 142 Å². The Hall–Kier alpha value is -6.05. The molecule has 25 nitrogen and oxygen atoms in total. The van der Waals surface area contributed by atoms with Crippen molar-refractivity contribution in [1.82, 2.24) is 26.6 Å². The highest BCUT2D eigenvalue weighted by molar-refractivity contribution is 7.98. The number of primary amides is 1. The lowest BCUT2D eigenvalue weighted by atomic mass is 10.0. The van der Waals surface area contributed by atoms with E-state index in [4.69, 9.17) is 39.5 Å². The number of thioether (sulfide) groups is 1. The number of hydrogen-bond donors (Lipinski definition) is 13. The van der Waals surface area contributed by atoms with E-state index in [0.717, 1.165) is 6.92 Å². The van der Waals surface area contributed by atoms with Gasteiger partial charge in [-0.1, -0.05) is 0 Å². The first kappa shape index (κ1) is 54.0. The van der Waals surface area contributed by atoms with Gasteiger partial charge in [-0.3, -0.25) is 57.9 Å². The van der Waals surface area contributed by atoms with Gasteiger partial charge in [-0.25, -0.2) is 0 Å². The molecule has 19 N–H and O–H groups in total. The number of aliphatic carboxylic acids is 2. The number of carbonyl (C=O) groups is 10. The summed E-state index contributed by atoms with van der Waals surface area (Å²) in [4.78, 5) is 134. The third-order valence-electron chi connectivity index (χ3n) is 8.35. The van der Waals surface area contributed by atoms with E-state index in [0.29, 0.717) is 6.42 Å². The number of Topliss-reactive ketones (excluding diaryl/α,β-unsaturated/α-hetero) is 2. The number of carboxylic acids is 2. The van der Waals surface area contributed by atoms with Crippen LogP contribution in [0.2, 0.25) is 0 Å². The van der Waals surface area contributed by atoms with E-state index >= 15 is 0 Å². The van der Waals surface area contributed by atoms with Crippen LogP contribution in [0, 0.1) is 0 Å². The van der Waals surface area contributed by atoms with Gasteiger partial charge in [0.1, 0.15) is 24.2 Å².